The quantitative estimate of drug-likeness (QED) is 0.678. The Kier molecular flexibility index (Phi) is 4.93. The molecular formula is C18H16N4O4. The van der Waals surface area contributed by atoms with Gasteiger partial charge in [-0.15, -0.1) is 0 Å². The molecule has 2 aromatic heterocycles. The first-order chi connectivity index (χ1) is 12.6. The van der Waals surface area contributed by atoms with Gasteiger partial charge in [-0.1, -0.05) is 6.07 Å². The SMILES string of the molecule is COC(=O)c1ccc(NC(=O)CNC(=O)c2cc3ccccn3n2)cc1. The lowest BCUT2D eigenvalue weighted by molar-refractivity contribution is -0.115. The lowest BCUT2D eigenvalue weighted by Gasteiger charge is -2.06. The highest BCUT2D eigenvalue weighted by molar-refractivity contribution is 5.99. The number of ether oxygens (including phenoxy) is 1. The van der Waals surface area contributed by atoms with Gasteiger partial charge in [0.25, 0.3) is 5.91 Å². The summed E-state index contributed by atoms with van der Waals surface area (Å²) in [4.78, 5) is 35.4. The Morgan fingerprint density at radius 3 is 2.58 bits per heavy atom. The minimum atomic E-state index is -0.456. The molecule has 0 aliphatic carbocycles. The van der Waals surface area contributed by atoms with Crippen molar-refractivity contribution in [2.75, 3.05) is 19.0 Å². The minimum Gasteiger partial charge on any atom is -0.465 e. The van der Waals surface area contributed by atoms with E-state index in [4.69, 9.17) is 0 Å². The number of anilines is 1. The number of nitrogens with one attached hydrogen (secondary N) is 2. The molecule has 8 nitrogen and oxygen atoms in total. The average molecular weight is 352 g/mol. The number of aromatic nitrogens is 2. The van der Waals surface area contributed by atoms with E-state index in [9.17, 15) is 14.4 Å². The summed E-state index contributed by atoms with van der Waals surface area (Å²) in [7, 11) is 1.30. The molecule has 0 saturated heterocycles. The summed E-state index contributed by atoms with van der Waals surface area (Å²) in [5.74, 6) is -1.29. The van der Waals surface area contributed by atoms with E-state index in [0.717, 1.165) is 5.52 Å². The Labute approximate surface area is 148 Å². The fourth-order valence-electron chi connectivity index (χ4n) is 2.31. The van der Waals surface area contributed by atoms with Crippen molar-refractivity contribution >= 4 is 29.0 Å². The van der Waals surface area contributed by atoms with Crippen LogP contribution in [0.3, 0.4) is 0 Å². The molecule has 3 aromatic rings. The largest absolute Gasteiger partial charge is 0.465 e. The van der Waals surface area contributed by atoms with Crippen molar-refractivity contribution in [3.63, 3.8) is 0 Å². The van der Waals surface area contributed by atoms with E-state index >= 15 is 0 Å². The van der Waals surface area contributed by atoms with E-state index in [2.05, 4.69) is 20.5 Å². The minimum absolute atomic E-state index is 0.203. The van der Waals surface area contributed by atoms with E-state index in [1.807, 2.05) is 12.1 Å². The van der Waals surface area contributed by atoms with Crippen LogP contribution in [0.5, 0.6) is 0 Å². The summed E-state index contributed by atoms with van der Waals surface area (Å²) in [5, 5.41) is 9.28. The lowest BCUT2D eigenvalue weighted by Crippen LogP contribution is -2.33. The van der Waals surface area contributed by atoms with Crippen molar-refractivity contribution in [2.24, 2.45) is 0 Å². The molecule has 0 radical (unpaired) electrons. The highest BCUT2D eigenvalue weighted by atomic mass is 16.5. The first-order valence-electron chi connectivity index (χ1n) is 7.77. The van der Waals surface area contributed by atoms with E-state index in [1.165, 1.54) is 19.2 Å². The molecule has 0 aliphatic heterocycles. The van der Waals surface area contributed by atoms with Crippen LogP contribution >= 0.6 is 0 Å². The molecule has 8 heteroatoms. The average Bonchev–Trinajstić information content (AvgIpc) is 3.10. The Bertz CT molecular complexity index is 930. The van der Waals surface area contributed by atoms with E-state index in [0.29, 0.717) is 11.3 Å². The van der Waals surface area contributed by atoms with Gasteiger partial charge < -0.3 is 15.4 Å². The first-order valence-corrected chi connectivity index (χ1v) is 7.77. The molecule has 132 valence electrons. The number of rotatable bonds is 5. The standard InChI is InChI=1S/C18H16N4O4/c1-26-18(25)12-5-7-13(8-6-12)20-16(23)11-19-17(24)15-10-14-4-2-3-9-22(14)21-15/h2-10H,11H2,1H3,(H,19,24)(H,20,23). The van der Waals surface area contributed by atoms with Crippen LogP contribution < -0.4 is 10.6 Å². The van der Waals surface area contributed by atoms with Crippen LogP contribution in [-0.4, -0.2) is 41.1 Å². The number of nitrogens with zero attached hydrogens (tertiary/aromatic N) is 2. The van der Waals surface area contributed by atoms with Crippen LogP contribution in [0.4, 0.5) is 5.69 Å². The molecule has 2 heterocycles. The summed E-state index contributed by atoms with van der Waals surface area (Å²) >= 11 is 0. The van der Waals surface area contributed by atoms with E-state index in [1.54, 1.807) is 35.0 Å². The number of fused-ring (bicyclic) bond motifs is 1. The monoisotopic (exact) mass is 352 g/mol. The second kappa shape index (κ2) is 7.47. The van der Waals surface area contributed by atoms with Gasteiger partial charge in [-0.2, -0.15) is 5.10 Å². The molecule has 0 bridgehead atoms. The van der Waals surface area contributed by atoms with Gasteiger partial charge in [0.1, 0.15) is 0 Å². The zero-order valence-corrected chi connectivity index (χ0v) is 13.9. The Morgan fingerprint density at radius 1 is 1.12 bits per heavy atom. The van der Waals surface area contributed by atoms with Gasteiger partial charge in [-0.25, -0.2) is 9.31 Å². The maximum Gasteiger partial charge on any atom is 0.337 e. The molecule has 0 unspecified atom stereocenters. The van der Waals surface area contributed by atoms with Gasteiger partial charge in [-0.3, -0.25) is 9.59 Å². The molecular weight excluding hydrogens is 336 g/mol. The van der Waals surface area contributed by atoms with Crippen LogP contribution in [0.15, 0.2) is 54.7 Å². The fourth-order valence-corrected chi connectivity index (χ4v) is 2.31. The summed E-state index contributed by atoms with van der Waals surface area (Å²) < 4.78 is 6.19. The van der Waals surface area contributed by atoms with Gasteiger partial charge in [0.2, 0.25) is 5.91 Å². The zero-order valence-electron chi connectivity index (χ0n) is 13.9. The molecule has 2 amide bonds. The van der Waals surface area contributed by atoms with Crippen molar-refractivity contribution in [3.05, 3.63) is 66.0 Å². The third kappa shape index (κ3) is 3.86. The maximum absolute atomic E-state index is 12.1. The van der Waals surface area contributed by atoms with Gasteiger partial charge in [0.15, 0.2) is 5.69 Å². The number of carbonyl (C=O) groups excluding carboxylic acids is 3. The molecule has 0 spiro atoms. The number of hydrogen-bond donors (Lipinski definition) is 2. The van der Waals surface area contributed by atoms with Gasteiger partial charge in [0.05, 0.1) is 24.7 Å². The number of methoxy groups -OCH3 is 1. The van der Waals surface area contributed by atoms with Crippen molar-refractivity contribution in [3.8, 4) is 0 Å². The van der Waals surface area contributed by atoms with Gasteiger partial charge in [0, 0.05) is 11.9 Å². The van der Waals surface area contributed by atoms with Crippen LogP contribution in [0.1, 0.15) is 20.8 Å². The third-order valence-electron chi connectivity index (χ3n) is 3.60. The molecule has 3 rings (SSSR count). The van der Waals surface area contributed by atoms with Crippen molar-refractivity contribution in [1.29, 1.82) is 0 Å². The molecule has 1 aromatic carbocycles. The van der Waals surface area contributed by atoms with Crippen LogP contribution in [-0.2, 0) is 9.53 Å². The Balaban J connectivity index is 1.55. The van der Waals surface area contributed by atoms with Crippen molar-refractivity contribution in [1.82, 2.24) is 14.9 Å². The second-order valence-electron chi connectivity index (χ2n) is 5.40. The summed E-state index contributed by atoms with van der Waals surface area (Å²) in [5.41, 5.74) is 1.90. The highest BCUT2D eigenvalue weighted by Crippen LogP contribution is 2.10. The third-order valence-corrected chi connectivity index (χ3v) is 3.60. The predicted octanol–water partition coefficient (Wildman–Crippen LogP) is 1.49. The molecule has 0 aliphatic rings. The molecule has 0 fully saturated rings. The van der Waals surface area contributed by atoms with Gasteiger partial charge in [-0.05, 0) is 42.5 Å². The van der Waals surface area contributed by atoms with Crippen LogP contribution in [0.2, 0.25) is 0 Å². The molecule has 26 heavy (non-hydrogen) atoms. The number of hydrogen-bond acceptors (Lipinski definition) is 5. The van der Waals surface area contributed by atoms with Crippen LogP contribution in [0, 0.1) is 0 Å². The normalized spacial score (nSPS) is 10.3. The van der Waals surface area contributed by atoms with Crippen molar-refractivity contribution in [2.45, 2.75) is 0 Å². The van der Waals surface area contributed by atoms with E-state index < -0.39 is 17.8 Å². The smallest absolute Gasteiger partial charge is 0.337 e. The second-order valence-corrected chi connectivity index (χ2v) is 5.40. The predicted molar refractivity (Wildman–Crippen MR) is 93.9 cm³/mol. The summed E-state index contributed by atoms with van der Waals surface area (Å²) in [6.07, 6.45) is 1.73. The lowest BCUT2D eigenvalue weighted by atomic mass is 10.2. The van der Waals surface area contributed by atoms with Gasteiger partial charge >= 0.3 is 5.97 Å². The highest BCUT2D eigenvalue weighted by Gasteiger charge is 2.12. The Morgan fingerprint density at radius 2 is 1.88 bits per heavy atom. The van der Waals surface area contributed by atoms with Crippen LogP contribution in [0.25, 0.3) is 5.52 Å². The first kappa shape index (κ1) is 17.2. The fraction of sp³-hybridized carbons (Fsp3) is 0.111. The Hall–Kier alpha value is -3.68. The number of esters is 1. The number of benzene rings is 1. The summed E-state index contributed by atoms with van der Waals surface area (Å²) in [6.45, 7) is -0.203. The van der Waals surface area contributed by atoms with E-state index in [-0.39, 0.29) is 12.2 Å². The molecule has 0 saturated carbocycles. The molecule has 0 atom stereocenters. The number of carbonyl (C=O) groups is 3. The zero-order chi connectivity index (χ0) is 18.5. The maximum atomic E-state index is 12.1. The number of amides is 2. The number of pyridine rings is 1. The molecule has 2 N–H and O–H groups in total. The topological polar surface area (TPSA) is 102 Å². The van der Waals surface area contributed by atoms with Crippen molar-refractivity contribution < 1.29 is 19.1 Å². The summed E-state index contributed by atoms with van der Waals surface area (Å²) in [6, 6.07) is 13.3.